The molecular formula is C16H15ClF2N2O3S. The molecule has 134 valence electrons. The highest BCUT2D eigenvalue weighted by molar-refractivity contribution is 7.92. The number of hydrogen-bond acceptors (Lipinski definition) is 3. The SMILES string of the molecule is CC(C(=O)Nc1c(F)cccc1F)N(c1ccc(Cl)cc1)S(C)(=O)=O. The molecule has 0 aliphatic rings. The number of para-hydroxylation sites is 1. The van der Waals surface area contributed by atoms with Gasteiger partial charge in [0.1, 0.15) is 23.4 Å². The Balaban J connectivity index is 2.35. The van der Waals surface area contributed by atoms with Gasteiger partial charge < -0.3 is 5.32 Å². The monoisotopic (exact) mass is 388 g/mol. The molecule has 1 N–H and O–H groups in total. The van der Waals surface area contributed by atoms with Gasteiger partial charge in [-0.25, -0.2) is 17.2 Å². The van der Waals surface area contributed by atoms with Crippen LogP contribution in [0.2, 0.25) is 5.02 Å². The van der Waals surface area contributed by atoms with E-state index in [1.807, 2.05) is 0 Å². The predicted molar refractivity (Wildman–Crippen MR) is 93.2 cm³/mol. The average molecular weight is 389 g/mol. The first-order chi connectivity index (χ1) is 11.6. The highest BCUT2D eigenvalue weighted by Gasteiger charge is 2.30. The Hall–Kier alpha value is -2.19. The average Bonchev–Trinajstić information content (AvgIpc) is 2.51. The smallest absolute Gasteiger partial charge is 0.248 e. The first kappa shape index (κ1) is 19.1. The molecule has 2 aromatic rings. The summed E-state index contributed by atoms with van der Waals surface area (Å²) in [5, 5.41) is 2.48. The van der Waals surface area contributed by atoms with Gasteiger partial charge in [-0.1, -0.05) is 17.7 Å². The fourth-order valence-corrected chi connectivity index (χ4v) is 3.54. The number of carbonyl (C=O) groups is 1. The fourth-order valence-electron chi connectivity index (χ4n) is 2.24. The second kappa shape index (κ2) is 7.37. The minimum absolute atomic E-state index is 0.198. The van der Waals surface area contributed by atoms with Gasteiger partial charge >= 0.3 is 0 Å². The zero-order valence-electron chi connectivity index (χ0n) is 13.3. The van der Waals surface area contributed by atoms with E-state index in [0.717, 1.165) is 28.8 Å². The minimum atomic E-state index is -3.85. The van der Waals surface area contributed by atoms with Crippen molar-refractivity contribution in [3.8, 4) is 0 Å². The van der Waals surface area contributed by atoms with Crippen molar-refractivity contribution in [1.82, 2.24) is 0 Å². The summed E-state index contributed by atoms with van der Waals surface area (Å²) in [7, 11) is -3.85. The molecule has 0 saturated heterocycles. The lowest BCUT2D eigenvalue weighted by Crippen LogP contribution is -2.45. The van der Waals surface area contributed by atoms with Gasteiger partial charge in [0.2, 0.25) is 15.9 Å². The maximum Gasteiger partial charge on any atom is 0.248 e. The zero-order valence-corrected chi connectivity index (χ0v) is 14.9. The third-order valence-electron chi connectivity index (χ3n) is 3.38. The highest BCUT2D eigenvalue weighted by Crippen LogP contribution is 2.24. The number of halogens is 3. The number of rotatable bonds is 5. The minimum Gasteiger partial charge on any atom is -0.319 e. The van der Waals surface area contributed by atoms with Gasteiger partial charge in [-0.3, -0.25) is 9.10 Å². The lowest BCUT2D eigenvalue weighted by Gasteiger charge is -2.28. The predicted octanol–water partition coefficient (Wildman–Crippen LogP) is 3.41. The van der Waals surface area contributed by atoms with E-state index in [0.29, 0.717) is 5.02 Å². The number of nitrogens with one attached hydrogen (secondary N) is 1. The summed E-state index contributed by atoms with van der Waals surface area (Å²) in [6.07, 6.45) is 0.926. The van der Waals surface area contributed by atoms with Crippen LogP contribution in [0.4, 0.5) is 20.2 Å². The highest BCUT2D eigenvalue weighted by atomic mass is 35.5. The zero-order chi connectivity index (χ0) is 18.8. The molecule has 0 aliphatic carbocycles. The number of carbonyl (C=O) groups excluding carboxylic acids is 1. The van der Waals surface area contributed by atoms with Gasteiger partial charge in [-0.2, -0.15) is 0 Å². The summed E-state index contributed by atoms with van der Waals surface area (Å²) in [5.74, 6) is -2.81. The molecule has 0 bridgehead atoms. The van der Waals surface area contributed by atoms with E-state index in [-0.39, 0.29) is 5.69 Å². The summed E-state index contributed by atoms with van der Waals surface area (Å²) < 4.78 is 52.4. The fraction of sp³-hybridized carbons (Fsp3) is 0.188. The van der Waals surface area contributed by atoms with Crippen molar-refractivity contribution in [3.05, 3.63) is 59.1 Å². The molecule has 1 atom stereocenters. The quantitative estimate of drug-likeness (QED) is 0.853. The number of hydrogen-bond donors (Lipinski definition) is 1. The molecular weight excluding hydrogens is 374 g/mol. The van der Waals surface area contributed by atoms with Gasteiger partial charge in [0.15, 0.2) is 0 Å². The summed E-state index contributed by atoms with van der Waals surface area (Å²) in [4.78, 5) is 12.4. The molecule has 0 aromatic heterocycles. The molecule has 0 radical (unpaired) electrons. The van der Waals surface area contributed by atoms with Crippen molar-refractivity contribution in [2.75, 3.05) is 15.9 Å². The van der Waals surface area contributed by atoms with Crippen LogP contribution in [0.15, 0.2) is 42.5 Å². The van der Waals surface area contributed by atoms with Crippen LogP contribution >= 0.6 is 11.6 Å². The van der Waals surface area contributed by atoms with E-state index >= 15 is 0 Å². The second-order valence-electron chi connectivity index (χ2n) is 5.30. The van der Waals surface area contributed by atoms with Crippen LogP contribution in [0.25, 0.3) is 0 Å². The van der Waals surface area contributed by atoms with Crippen LogP contribution in [-0.2, 0) is 14.8 Å². The Morgan fingerprint density at radius 1 is 1.12 bits per heavy atom. The number of benzene rings is 2. The van der Waals surface area contributed by atoms with Crippen molar-refractivity contribution in [3.63, 3.8) is 0 Å². The normalized spacial score (nSPS) is 12.5. The standard InChI is InChI=1S/C16H15ClF2N2O3S/c1-10(16(22)20-15-13(18)4-3-5-14(15)19)21(25(2,23)24)12-8-6-11(17)7-9-12/h3-10H,1-2H3,(H,20,22). The van der Waals surface area contributed by atoms with Crippen molar-refractivity contribution < 1.29 is 22.0 Å². The van der Waals surface area contributed by atoms with Crippen molar-refractivity contribution in [2.24, 2.45) is 0 Å². The Labute approximate surface area is 149 Å². The Morgan fingerprint density at radius 3 is 2.12 bits per heavy atom. The van der Waals surface area contributed by atoms with Crippen LogP contribution in [0, 0.1) is 11.6 Å². The van der Waals surface area contributed by atoms with Crippen molar-refractivity contribution in [2.45, 2.75) is 13.0 Å². The molecule has 25 heavy (non-hydrogen) atoms. The Bertz CT molecular complexity index is 869. The van der Waals surface area contributed by atoms with Gasteiger partial charge in [-0.05, 0) is 43.3 Å². The Morgan fingerprint density at radius 2 is 1.64 bits per heavy atom. The van der Waals surface area contributed by atoms with Gasteiger partial charge in [0, 0.05) is 5.02 Å². The van der Waals surface area contributed by atoms with Gasteiger partial charge in [0.05, 0.1) is 11.9 Å². The van der Waals surface area contributed by atoms with Crippen LogP contribution in [0.5, 0.6) is 0 Å². The van der Waals surface area contributed by atoms with Gasteiger partial charge in [-0.15, -0.1) is 0 Å². The van der Waals surface area contributed by atoms with Crippen LogP contribution < -0.4 is 9.62 Å². The number of nitrogens with zero attached hydrogens (tertiary/aromatic N) is 1. The second-order valence-corrected chi connectivity index (χ2v) is 7.59. The van der Waals surface area contributed by atoms with E-state index < -0.39 is 39.3 Å². The molecule has 2 aromatic carbocycles. The van der Waals surface area contributed by atoms with Crippen molar-refractivity contribution in [1.29, 1.82) is 0 Å². The van der Waals surface area contributed by atoms with E-state index in [9.17, 15) is 22.0 Å². The summed E-state index contributed by atoms with van der Waals surface area (Å²) in [6, 6.07) is 7.66. The molecule has 1 amide bonds. The molecule has 0 saturated carbocycles. The van der Waals surface area contributed by atoms with Crippen molar-refractivity contribution >= 4 is 38.9 Å². The summed E-state index contributed by atoms with van der Waals surface area (Å²) in [6.45, 7) is 1.31. The third-order valence-corrected chi connectivity index (χ3v) is 4.87. The molecule has 0 fully saturated rings. The summed E-state index contributed by atoms with van der Waals surface area (Å²) in [5.41, 5.74) is -0.438. The number of sulfonamides is 1. The molecule has 0 spiro atoms. The summed E-state index contributed by atoms with van der Waals surface area (Å²) >= 11 is 5.78. The maximum absolute atomic E-state index is 13.7. The van der Waals surface area contributed by atoms with Crippen LogP contribution in [0.3, 0.4) is 0 Å². The van der Waals surface area contributed by atoms with E-state index in [1.165, 1.54) is 31.2 Å². The van der Waals surface area contributed by atoms with Gasteiger partial charge in [0.25, 0.3) is 0 Å². The number of anilines is 2. The van der Waals surface area contributed by atoms with E-state index in [1.54, 1.807) is 0 Å². The molecule has 2 rings (SSSR count). The largest absolute Gasteiger partial charge is 0.319 e. The topological polar surface area (TPSA) is 66.5 Å². The molecule has 1 unspecified atom stereocenters. The maximum atomic E-state index is 13.7. The third kappa shape index (κ3) is 4.46. The first-order valence-corrected chi connectivity index (χ1v) is 9.33. The molecule has 5 nitrogen and oxygen atoms in total. The number of amides is 1. The molecule has 0 aliphatic heterocycles. The van der Waals surface area contributed by atoms with Crippen LogP contribution in [0.1, 0.15) is 6.92 Å². The van der Waals surface area contributed by atoms with E-state index in [2.05, 4.69) is 5.32 Å². The van der Waals surface area contributed by atoms with E-state index in [4.69, 9.17) is 11.6 Å². The molecule has 0 heterocycles. The lowest BCUT2D eigenvalue weighted by atomic mass is 10.2. The molecule has 9 heteroatoms. The lowest BCUT2D eigenvalue weighted by molar-refractivity contribution is -0.116. The Kier molecular flexibility index (Phi) is 5.64. The van der Waals surface area contributed by atoms with Crippen LogP contribution in [-0.4, -0.2) is 26.6 Å². The first-order valence-electron chi connectivity index (χ1n) is 7.11.